The fourth-order valence-corrected chi connectivity index (χ4v) is 2.21. The van der Waals surface area contributed by atoms with Crippen LogP contribution in [0.1, 0.15) is 36.3 Å². The summed E-state index contributed by atoms with van der Waals surface area (Å²) in [5.41, 5.74) is 2.22. The normalized spacial score (nSPS) is 10.5. The maximum atomic E-state index is 11.7. The third-order valence-electron chi connectivity index (χ3n) is 3.34. The summed E-state index contributed by atoms with van der Waals surface area (Å²) >= 11 is 0. The average molecular weight is 286 g/mol. The molecule has 4 nitrogen and oxygen atoms in total. The molecule has 1 N–H and O–H groups in total. The van der Waals surface area contributed by atoms with Crippen LogP contribution >= 0.6 is 0 Å². The zero-order valence-electron chi connectivity index (χ0n) is 12.5. The summed E-state index contributed by atoms with van der Waals surface area (Å²) in [4.78, 5) is 11.7. The molecule has 1 aromatic heterocycles. The first kappa shape index (κ1) is 15.3. The Morgan fingerprint density at radius 2 is 2.00 bits per heavy atom. The van der Waals surface area contributed by atoms with Gasteiger partial charge in [0.05, 0.1) is 5.69 Å². The van der Waals surface area contributed by atoms with Crippen molar-refractivity contribution in [2.75, 3.05) is 6.54 Å². The third kappa shape index (κ3) is 5.81. The van der Waals surface area contributed by atoms with Crippen molar-refractivity contribution in [3.05, 3.63) is 53.4 Å². The lowest BCUT2D eigenvalue weighted by molar-refractivity contribution is -0.121. The van der Waals surface area contributed by atoms with E-state index in [1.54, 1.807) is 0 Å². The Kier molecular flexibility index (Phi) is 6.00. The molecule has 1 amide bonds. The predicted molar refractivity (Wildman–Crippen MR) is 82.0 cm³/mol. The molecule has 0 radical (unpaired) electrons. The number of amides is 1. The lowest BCUT2D eigenvalue weighted by Gasteiger charge is -2.04. The Labute approximate surface area is 125 Å². The molecule has 0 saturated carbocycles. The number of unbranched alkanes of at least 4 members (excludes halogenated alkanes) is 1. The van der Waals surface area contributed by atoms with E-state index in [0.29, 0.717) is 19.4 Å². The Morgan fingerprint density at radius 3 is 2.71 bits per heavy atom. The lowest BCUT2D eigenvalue weighted by Crippen LogP contribution is -2.25. The summed E-state index contributed by atoms with van der Waals surface area (Å²) in [5, 5.41) is 6.81. The van der Waals surface area contributed by atoms with Crippen LogP contribution in [0.25, 0.3) is 0 Å². The highest BCUT2D eigenvalue weighted by atomic mass is 16.5. The minimum Gasteiger partial charge on any atom is -0.361 e. The van der Waals surface area contributed by atoms with Crippen LogP contribution < -0.4 is 5.32 Å². The molecule has 21 heavy (non-hydrogen) atoms. The molecule has 0 saturated heterocycles. The molecule has 1 heterocycles. The van der Waals surface area contributed by atoms with Gasteiger partial charge < -0.3 is 9.84 Å². The number of nitrogens with zero attached hydrogens (tertiary/aromatic N) is 1. The van der Waals surface area contributed by atoms with Gasteiger partial charge in [-0.3, -0.25) is 4.79 Å². The summed E-state index contributed by atoms with van der Waals surface area (Å²) in [6, 6.07) is 12.3. The molecule has 0 aliphatic carbocycles. The molecule has 2 aromatic rings. The molecule has 0 fully saturated rings. The fraction of sp³-hybridized carbons (Fsp3) is 0.412. The van der Waals surface area contributed by atoms with Crippen molar-refractivity contribution in [1.29, 1.82) is 0 Å². The van der Waals surface area contributed by atoms with Gasteiger partial charge in [0.25, 0.3) is 0 Å². The number of hydrogen-bond acceptors (Lipinski definition) is 3. The van der Waals surface area contributed by atoms with Crippen LogP contribution in [0, 0.1) is 6.92 Å². The molecular formula is C17H22N2O2. The van der Waals surface area contributed by atoms with Crippen LogP contribution in [0.3, 0.4) is 0 Å². The summed E-state index contributed by atoms with van der Waals surface area (Å²) in [7, 11) is 0. The van der Waals surface area contributed by atoms with Gasteiger partial charge in [-0.15, -0.1) is 0 Å². The molecule has 0 aliphatic heterocycles. The highest BCUT2D eigenvalue weighted by molar-refractivity contribution is 5.75. The van der Waals surface area contributed by atoms with Gasteiger partial charge in [0.15, 0.2) is 0 Å². The van der Waals surface area contributed by atoms with Gasteiger partial charge in [-0.2, -0.15) is 0 Å². The van der Waals surface area contributed by atoms with Gasteiger partial charge in [-0.1, -0.05) is 35.5 Å². The highest BCUT2D eigenvalue weighted by Crippen LogP contribution is 2.06. The number of nitrogens with one attached hydrogen (secondary N) is 1. The molecule has 4 heteroatoms. The second-order valence-electron chi connectivity index (χ2n) is 5.22. The van der Waals surface area contributed by atoms with Crippen LogP contribution in [-0.4, -0.2) is 17.6 Å². The number of aromatic nitrogens is 1. The summed E-state index contributed by atoms with van der Waals surface area (Å²) < 4.78 is 4.98. The van der Waals surface area contributed by atoms with Gasteiger partial charge >= 0.3 is 0 Å². The SMILES string of the molecule is Cc1cc(CCNC(=O)CCCCc2ccccc2)no1. The van der Waals surface area contributed by atoms with Crippen molar-refractivity contribution in [2.24, 2.45) is 0 Å². The van der Waals surface area contributed by atoms with Crippen molar-refractivity contribution in [3.8, 4) is 0 Å². The summed E-state index contributed by atoms with van der Waals surface area (Å²) in [6.45, 7) is 2.48. The first-order valence-corrected chi connectivity index (χ1v) is 7.47. The maximum absolute atomic E-state index is 11.7. The van der Waals surface area contributed by atoms with E-state index in [1.807, 2.05) is 31.2 Å². The number of benzene rings is 1. The van der Waals surface area contributed by atoms with E-state index in [2.05, 4.69) is 22.6 Å². The van der Waals surface area contributed by atoms with Gasteiger partial charge in [-0.25, -0.2) is 0 Å². The number of hydrogen-bond donors (Lipinski definition) is 1. The Hall–Kier alpha value is -2.10. The van der Waals surface area contributed by atoms with E-state index in [4.69, 9.17) is 4.52 Å². The van der Waals surface area contributed by atoms with Crippen LogP contribution in [0.5, 0.6) is 0 Å². The predicted octanol–water partition coefficient (Wildman–Crippen LogP) is 3.05. The molecule has 0 atom stereocenters. The number of rotatable bonds is 8. The molecule has 2 rings (SSSR count). The molecule has 0 spiro atoms. The number of aryl methyl sites for hydroxylation is 2. The van der Waals surface area contributed by atoms with Crippen molar-refractivity contribution in [1.82, 2.24) is 10.5 Å². The van der Waals surface area contributed by atoms with Gasteiger partial charge in [0, 0.05) is 25.5 Å². The fourth-order valence-electron chi connectivity index (χ4n) is 2.21. The zero-order valence-corrected chi connectivity index (χ0v) is 12.5. The van der Waals surface area contributed by atoms with E-state index >= 15 is 0 Å². The smallest absolute Gasteiger partial charge is 0.220 e. The molecule has 0 bridgehead atoms. The number of carbonyl (C=O) groups is 1. The van der Waals surface area contributed by atoms with Crippen molar-refractivity contribution >= 4 is 5.91 Å². The Morgan fingerprint density at radius 1 is 1.19 bits per heavy atom. The first-order valence-electron chi connectivity index (χ1n) is 7.47. The second kappa shape index (κ2) is 8.25. The van der Waals surface area contributed by atoms with E-state index in [1.165, 1.54) is 5.56 Å². The van der Waals surface area contributed by atoms with Crippen LogP contribution in [0.15, 0.2) is 40.9 Å². The molecule has 0 unspecified atom stereocenters. The highest BCUT2D eigenvalue weighted by Gasteiger charge is 2.03. The molecular weight excluding hydrogens is 264 g/mol. The van der Waals surface area contributed by atoms with Gasteiger partial charge in [0.2, 0.25) is 5.91 Å². The van der Waals surface area contributed by atoms with E-state index in [9.17, 15) is 4.79 Å². The van der Waals surface area contributed by atoms with Crippen molar-refractivity contribution < 1.29 is 9.32 Å². The Bertz CT molecular complexity index is 549. The van der Waals surface area contributed by atoms with Crippen molar-refractivity contribution in [3.63, 3.8) is 0 Å². The average Bonchev–Trinajstić information content (AvgIpc) is 2.90. The molecule has 112 valence electrons. The largest absolute Gasteiger partial charge is 0.361 e. The minimum absolute atomic E-state index is 0.114. The van der Waals surface area contributed by atoms with E-state index in [-0.39, 0.29) is 5.91 Å². The monoisotopic (exact) mass is 286 g/mol. The number of carbonyl (C=O) groups excluding carboxylic acids is 1. The van der Waals surface area contributed by atoms with Crippen molar-refractivity contribution in [2.45, 2.75) is 39.0 Å². The van der Waals surface area contributed by atoms with Crippen LogP contribution in [-0.2, 0) is 17.6 Å². The maximum Gasteiger partial charge on any atom is 0.220 e. The quantitative estimate of drug-likeness (QED) is 0.759. The van der Waals surface area contributed by atoms with Gasteiger partial charge in [0.1, 0.15) is 5.76 Å². The Balaban J connectivity index is 1.53. The zero-order chi connectivity index (χ0) is 14.9. The van der Waals surface area contributed by atoms with Crippen LogP contribution in [0.2, 0.25) is 0 Å². The van der Waals surface area contributed by atoms with Gasteiger partial charge in [-0.05, 0) is 31.7 Å². The molecule has 1 aromatic carbocycles. The summed E-state index contributed by atoms with van der Waals surface area (Å²) in [6.07, 6.45) is 4.30. The van der Waals surface area contributed by atoms with Crippen LogP contribution in [0.4, 0.5) is 0 Å². The topological polar surface area (TPSA) is 55.1 Å². The van der Waals surface area contributed by atoms with E-state index < -0.39 is 0 Å². The summed E-state index contributed by atoms with van der Waals surface area (Å²) in [5.74, 6) is 0.917. The molecule has 0 aliphatic rings. The third-order valence-corrected chi connectivity index (χ3v) is 3.34. The standard InChI is InChI=1S/C17H22N2O2/c1-14-13-16(19-21-14)11-12-18-17(20)10-6-5-9-15-7-3-2-4-8-15/h2-4,7-8,13H,5-6,9-12H2,1H3,(H,18,20). The first-order chi connectivity index (χ1) is 10.2. The lowest BCUT2D eigenvalue weighted by atomic mass is 10.1. The second-order valence-corrected chi connectivity index (χ2v) is 5.22. The minimum atomic E-state index is 0.114. The van der Waals surface area contributed by atoms with E-state index in [0.717, 1.165) is 30.7 Å².